The molecule has 1 aliphatic carbocycles. The van der Waals surface area contributed by atoms with Crippen molar-refractivity contribution < 1.29 is 18.8 Å². The maximum Gasteiger partial charge on any atom is 0.239 e. The second-order valence-corrected chi connectivity index (χ2v) is 8.35. The summed E-state index contributed by atoms with van der Waals surface area (Å²) in [6, 6.07) is 6.41. The quantitative estimate of drug-likeness (QED) is 0.808. The van der Waals surface area contributed by atoms with Gasteiger partial charge in [0.15, 0.2) is 5.12 Å². The number of thioether (sulfide) groups is 1. The van der Waals surface area contributed by atoms with Crippen molar-refractivity contribution in [3.8, 4) is 0 Å². The highest BCUT2D eigenvalue weighted by Crippen LogP contribution is 2.27. The number of hydrogen-bond acceptors (Lipinski definition) is 4. The van der Waals surface area contributed by atoms with Gasteiger partial charge >= 0.3 is 0 Å². The van der Waals surface area contributed by atoms with E-state index in [0.29, 0.717) is 11.3 Å². The second-order valence-electron chi connectivity index (χ2n) is 7.27. The Morgan fingerprint density at radius 2 is 1.93 bits per heavy atom. The van der Waals surface area contributed by atoms with Crippen LogP contribution in [0.3, 0.4) is 0 Å². The molecular weight excluding hydrogens is 367 g/mol. The third kappa shape index (κ3) is 5.54. The summed E-state index contributed by atoms with van der Waals surface area (Å²) in [6.07, 6.45) is 5.50. The van der Waals surface area contributed by atoms with E-state index >= 15 is 0 Å². The van der Waals surface area contributed by atoms with E-state index < -0.39 is 11.7 Å². The highest BCUT2D eigenvalue weighted by molar-refractivity contribution is 8.14. The number of amides is 2. The minimum atomic E-state index is -0.434. The van der Waals surface area contributed by atoms with E-state index in [9.17, 15) is 18.8 Å². The largest absolute Gasteiger partial charge is 0.352 e. The van der Waals surface area contributed by atoms with Gasteiger partial charge in [-0.2, -0.15) is 0 Å². The molecule has 2 amide bonds. The molecular formula is C20H25FN2O3S. The molecule has 7 heteroatoms. The number of nitrogens with one attached hydrogen (secondary N) is 1. The fourth-order valence-electron chi connectivity index (χ4n) is 3.67. The van der Waals surface area contributed by atoms with Crippen molar-refractivity contribution in [2.75, 3.05) is 12.3 Å². The number of rotatable bonds is 6. The van der Waals surface area contributed by atoms with Crippen molar-refractivity contribution in [1.82, 2.24) is 10.2 Å². The fraction of sp³-hybridized carbons (Fsp3) is 0.550. The third-order valence-electron chi connectivity index (χ3n) is 5.14. The Morgan fingerprint density at radius 3 is 2.59 bits per heavy atom. The maximum absolute atomic E-state index is 14.1. The molecule has 1 aliphatic heterocycles. The predicted molar refractivity (Wildman–Crippen MR) is 102 cm³/mol. The average molecular weight is 392 g/mol. The van der Waals surface area contributed by atoms with Gasteiger partial charge in [0.1, 0.15) is 5.82 Å². The van der Waals surface area contributed by atoms with Gasteiger partial charge < -0.3 is 10.2 Å². The van der Waals surface area contributed by atoms with E-state index in [4.69, 9.17) is 0 Å². The number of nitrogens with zero attached hydrogens (tertiary/aromatic N) is 1. The van der Waals surface area contributed by atoms with Gasteiger partial charge in [0, 0.05) is 30.3 Å². The number of hydrogen-bond donors (Lipinski definition) is 1. The molecule has 1 aromatic rings. The van der Waals surface area contributed by atoms with Gasteiger partial charge in [-0.3, -0.25) is 14.4 Å². The molecule has 27 heavy (non-hydrogen) atoms. The van der Waals surface area contributed by atoms with E-state index in [1.165, 1.54) is 17.4 Å². The van der Waals surface area contributed by atoms with Crippen molar-refractivity contribution in [2.45, 2.75) is 51.1 Å². The summed E-state index contributed by atoms with van der Waals surface area (Å²) in [7, 11) is 0. The van der Waals surface area contributed by atoms with E-state index in [1.807, 2.05) is 0 Å². The highest BCUT2D eigenvalue weighted by atomic mass is 32.2. The first-order valence-corrected chi connectivity index (χ1v) is 10.5. The minimum absolute atomic E-state index is 0.00847. The Kier molecular flexibility index (Phi) is 6.88. The number of benzene rings is 1. The molecule has 2 fully saturated rings. The Labute approximate surface area is 163 Å². The van der Waals surface area contributed by atoms with Gasteiger partial charge in [-0.05, 0) is 18.9 Å². The van der Waals surface area contributed by atoms with Crippen LogP contribution in [0.4, 0.5) is 4.39 Å². The van der Waals surface area contributed by atoms with Crippen LogP contribution >= 0.6 is 11.8 Å². The Hall–Kier alpha value is -1.89. The van der Waals surface area contributed by atoms with Crippen molar-refractivity contribution in [3.63, 3.8) is 0 Å². The van der Waals surface area contributed by atoms with Gasteiger partial charge in [-0.15, -0.1) is 0 Å². The Morgan fingerprint density at radius 1 is 1.19 bits per heavy atom. The van der Waals surface area contributed by atoms with Crippen LogP contribution < -0.4 is 5.32 Å². The maximum atomic E-state index is 14.1. The molecule has 1 aromatic carbocycles. The minimum Gasteiger partial charge on any atom is -0.352 e. The Balaban J connectivity index is 1.68. The zero-order valence-corrected chi connectivity index (χ0v) is 16.1. The predicted octanol–water partition coefficient (Wildman–Crippen LogP) is 2.88. The lowest BCUT2D eigenvalue weighted by atomic mass is 9.95. The first-order chi connectivity index (χ1) is 13.0. The topological polar surface area (TPSA) is 66.5 Å². The van der Waals surface area contributed by atoms with Gasteiger partial charge in [0.25, 0.3) is 0 Å². The molecule has 1 heterocycles. The zero-order valence-electron chi connectivity index (χ0n) is 15.3. The molecule has 2 aliphatic rings. The standard InChI is InChI=1S/C20H25FN2O3S/c21-17-9-5-4-6-14(17)11-23(20(26)15-10-19(25)27-13-15)12-18(24)22-16-7-2-1-3-8-16/h4-6,9,15-16H,1-3,7-8,10-13H2,(H,22,24)/t15-/m1/s1. The molecule has 1 saturated carbocycles. The first kappa shape index (κ1) is 19.9. The molecule has 0 bridgehead atoms. The summed E-state index contributed by atoms with van der Waals surface area (Å²) >= 11 is 1.15. The molecule has 0 spiro atoms. The summed E-state index contributed by atoms with van der Waals surface area (Å²) in [5.41, 5.74) is 0.369. The van der Waals surface area contributed by atoms with E-state index in [0.717, 1.165) is 37.4 Å². The van der Waals surface area contributed by atoms with Crippen LogP contribution in [-0.2, 0) is 20.9 Å². The van der Waals surface area contributed by atoms with Gasteiger partial charge in [0.05, 0.1) is 12.5 Å². The molecule has 0 unspecified atom stereocenters. The van der Waals surface area contributed by atoms with Crippen molar-refractivity contribution >= 4 is 28.7 Å². The van der Waals surface area contributed by atoms with Gasteiger partial charge in [-0.1, -0.05) is 49.2 Å². The van der Waals surface area contributed by atoms with Crippen LogP contribution in [0.25, 0.3) is 0 Å². The van der Waals surface area contributed by atoms with Crippen LogP contribution in [-0.4, -0.2) is 40.2 Å². The molecule has 1 N–H and O–H groups in total. The molecule has 1 atom stereocenters. The van der Waals surface area contributed by atoms with Crippen LogP contribution in [0.5, 0.6) is 0 Å². The van der Waals surface area contributed by atoms with Crippen LogP contribution in [0.2, 0.25) is 0 Å². The lowest BCUT2D eigenvalue weighted by molar-refractivity contribution is -0.140. The summed E-state index contributed by atoms with van der Waals surface area (Å²) in [5.74, 6) is -0.883. The molecule has 3 rings (SSSR count). The molecule has 0 radical (unpaired) electrons. The number of carbonyl (C=O) groups excluding carboxylic acids is 3. The lowest BCUT2D eigenvalue weighted by Gasteiger charge is -2.27. The fourth-order valence-corrected chi connectivity index (χ4v) is 4.63. The summed E-state index contributed by atoms with van der Waals surface area (Å²) in [4.78, 5) is 38.3. The zero-order chi connectivity index (χ0) is 19.2. The third-order valence-corrected chi connectivity index (χ3v) is 6.20. The van der Waals surface area contributed by atoms with Crippen LogP contribution in [0.15, 0.2) is 24.3 Å². The van der Waals surface area contributed by atoms with Crippen molar-refractivity contribution in [3.05, 3.63) is 35.6 Å². The summed E-state index contributed by atoms with van der Waals surface area (Å²) in [6.45, 7) is -0.0853. The first-order valence-electron chi connectivity index (χ1n) is 9.50. The Bertz CT molecular complexity index is 706. The van der Waals surface area contributed by atoms with Crippen LogP contribution in [0.1, 0.15) is 44.1 Å². The monoisotopic (exact) mass is 392 g/mol. The normalized spacial score (nSPS) is 20.5. The van der Waals surface area contributed by atoms with Gasteiger partial charge in [-0.25, -0.2) is 4.39 Å². The van der Waals surface area contributed by atoms with Crippen LogP contribution in [0, 0.1) is 11.7 Å². The van der Waals surface area contributed by atoms with Gasteiger partial charge in [0.2, 0.25) is 11.8 Å². The molecule has 0 aromatic heterocycles. The molecule has 1 saturated heterocycles. The van der Waals surface area contributed by atoms with E-state index in [1.54, 1.807) is 18.2 Å². The SMILES string of the molecule is O=C(CN(Cc1ccccc1F)C(=O)[C@H]1CSC(=O)C1)NC1CCCCC1. The molecule has 146 valence electrons. The van der Waals surface area contributed by atoms with E-state index in [-0.39, 0.29) is 42.5 Å². The van der Waals surface area contributed by atoms with Crippen molar-refractivity contribution in [1.29, 1.82) is 0 Å². The van der Waals surface area contributed by atoms with E-state index in [2.05, 4.69) is 5.32 Å². The van der Waals surface area contributed by atoms with Crippen molar-refractivity contribution in [2.24, 2.45) is 5.92 Å². The number of halogens is 1. The summed E-state index contributed by atoms with van der Waals surface area (Å²) in [5, 5.41) is 3.00. The number of carbonyl (C=O) groups is 3. The molecule has 5 nitrogen and oxygen atoms in total. The lowest BCUT2D eigenvalue weighted by Crippen LogP contribution is -2.46. The summed E-state index contributed by atoms with van der Waals surface area (Å²) < 4.78 is 14.1. The average Bonchev–Trinajstić information content (AvgIpc) is 3.09. The second kappa shape index (κ2) is 9.35. The smallest absolute Gasteiger partial charge is 0.239 e. The highest BCUT2D eigenvalue weighted by Gasteiger charge is 2.33.